The number of para-hydroxylation sites is 1. The molecule has 142 valence electrons. The summed E-state index contributed by atoms with van der Waals surface area (Å²) >= 11 is 0. The van der Waals surface area contributed by atoms with Crippen LogP contribution in [0.25, 0.3) is 0 Å². The lowest BCUT2D eigenvalue weighted by Crippen LogP contribution is -2.38. The van der Waals surface area contributed by atoms with E-state index in [1.54, 1.807) is 0 Å². The molecule has 5 heteroatoms. The summed E-state index contributed by atoms with van der Waals surface area (Å²) in [6.07, 6.45) is 1.78. The van der Waals surface area contributed by atoms with E-state index in [2.05, 4.69) is 15.5 Å². The zero-order valence-electron chi connectivity index (χ0n) is 16.2. The van der Waals surface area contributed by atoms with Gasteiger partial charge in [0.25, 0.3) is 5.91 Å². The van der Waals surface area contributed by atoms with Crippen LogP contribution in [0.4, 0.5) is 11.4 Å². The van der Waals surface area contributed by atoms with E-state index in [9.17, 15) is 9.59 Å². The second kappa shape index (κ2) is 8.25. The van der Waals surface area contributed by atoms with Crippen molar-refractivity contribution in [1.82, 2.24) is 5.32 Å². The molecule has 0 radical (unpaired) electrons. The lowest BCUT2D eigenvalue weighted by Gasteiger charge is -2.32. The van der Waals surface area contributed by atoms with Crippen molar-refractivity contribution in [3.63, 3.8) is 0 Å². The zero-order valence-corrected chi connectivity index (χ0v) is 16.2. The normalized spacial score (nSPS) is 13.3. The Balaban J connectivity index is 1.77. The van der Waals surface area contributed by atoms with E-state index in [0.29, 0.717) is 5.56 Å². The van der Waals surface area contributed by atoms with Crippen molar-refractivity contribution in [2.45, 2.75) is 39.7 Å². The Hall–Kier alpha value is -2.82. The maximum atomic E-state index is 12.6. The Labute approximate surface area is 160 Å². The van der Waals surface area contributed by atoms with E-state index in [1.165, 1.54) is 0 Å². The molecule has 3 rings (SSSR count). The largest absolute Gasteiger partial charge is 0.362 e. The summed E-state index contributed by atoms with van der Waals surface area (Å²) in [4.78, 5) is 27.2. The SMILES string of the molecule is Cc1ccccc1NC(=O)CN1CCCc2c(C(=O)NC(C)C)cccc21. The van der Waals surface area contributed by atoms with Crippen LogP contribution in [-0.4, -0.2) is 30.9 Å². The first-order valence-electron chi connectivity index (χ1n) is 9.49. The van der Waals surface area contributed by atoms with Crippen molar-refractivity contribution in [2.75, 3.05) is 23.3 Å². The molecule has 5 nitrogen and oxygen atoms in total. The average Bonchev–Trinajstić information content (AvgIpc) is 2.63. The molecular weight excluding hydrogens is 338 g/mol. The van der Waals surface area contributed by atoms with Gasteiger partial charge in [0, 0.05) is 29.5 Å². The maximum absolute atomic E-state index is 12.6. The fraction of sp³-hybridized carbons (Fsp3) is 0.364. The van der Waals surface area contributed by atoms with Crippen molar-refractivity contribution in [1.29, 1.82) is 0 Å². The van der Waals surface area contributed by atoms with Gasteiger partial charge in [-0.15, -0.1) is 0 Å². The third-order valence-electron chi connectivity index (χ3n) is 4.76. The Morgan fingerprint density at radius 3 is 2.63 bits per heavy atom. The smallest absolute Gasteiger partial charge is 0.251 e. The molecule has 0 saturated carbocycles. The van der Waals surface area contributed by atoms with Gasteiger partial charge in [-0.2, -0.15) is 0 Å². The number of rotatable bonds is 5. The lowest BCUT2D eigenvalue weighted by molar-refractivity contribution is -0.115. The van der Waals surface area contributed by atoms with Crippen LogP contribution < -0.4 is 15.5 Å². The number of nitrogens with one attached hydrogen (secondary N) is 2. The summed E-state index contributed by atoms with van der Waals surface area (Å²) in [5.41, 5.74) is 4.61. The van der Waals surface area contributed by atoms with E-state index in [-0.39, 0.29) is 24.4 Å². The van der Waals surface area contributed by atoms with Crippen LogP contribution in [0.5, 0.6) is 0 Å². The molecule has 2 aromatic carbocycles. The lowest BCUT2D eigenvalue weighted by atomic mass is 9.95. The third-order valence-corrected chi connectivity index (χ3v) is 4.76. The summed E-state index contributed by atoms with van der Waals surface area (Å²) in [7, 11) is 0. The number of amides is 2. The molecule has 0 spiro atoms. The number of hydrogen-bond acceptors (Lipinski definition) is 3. The van der Waals surface area contributed by atoms with E-state index in [4.69, 9.17) is 0 Å². The fourth-order valence-corrected chi connectivity index (χ4v) is 3.49. The minimum absolute atomic E-state index is 0.0471. The van der Waals surface area contributed by atoms with Crippen LogP contribution in [0.1, 0.15) is 41.8 Å². The number of aryl methyl sites for hydroxylation is 1. The Bertz CT molecular complexity index is 845. The van der Waals surface area contributed by atoms with Crippen molar-refractivity contribution < 1.29 is 9.59 Å². The van der Waals surface area contributed by atoms with Gasteiger partial charge in [0.2, 0.25) is 5.91 Å². The van der Waals surface area contributed by atoms with Crippen molar-refractivity contribution in [3.05, 3.63) is 59.2 Å². The van der Waals surface area contributed by atoms with Gasteiger partial charge in [0.15, 0.2) is 0 Å². The molecule has 0 bridgehead atoms. The second-order valence-corrected chi connectivity index (χ2v) is 7.32. The summed E-state index contributed by atoms with van der Waals surface area (Å²) in [5.74, 6) is -0.0951. The minimum atomic E-state index is -0.0481. The molecule has 27 heavy (non-hydrogen) atoms. The number of carbonyl (C=O) groups excluding carboxylic acids is 2. The highest BCUT2D eigenvalue weighted by Crippen LogP contribution is 2.30. The van der Waals surface area contributed by atoms with Gasteiger partial charge in [-0.1, -0.05) is 24.3 Å². The average molecular weight is 365 g/mol. The highest BCUT2D eigenvalue weighted by atomic mass is 16.2. The third kappa shape index (κ3) is 4.48. The number of fused-ring (bicyclic) bond motifs is 1. The van der Waals surface area contributed by atoms with Gasteiger partial charge in [-0.25, -0.2) is 0 Å². The topological polar surface area (TPSA) is 61.4 Å². The van der Waals surface area contributed by atoms with Crippen molar-refractivity contribution >= 4 is 23.2 Å². The number of hydrogen-bond donors (Lipinski definition) is 2. The van der Waals surface area contributed by atoms with Crippen LogP contribution in [0, 0.1) is 6.92 Å². The molecule has 2 amide bonds. The van der Waals surface area contributed by atoms with Crippen molar-refractivity contribution in [2.24, 2.45) is 0 Å². The first-order chi connectivity index (χ1) is 13.0. The van der Waals surface area contributed by atoms with E-state index in [1.807, 2.05) is 63.2 Å². The molecular formula is C22H27N3O2. The standard InChI is InChI=1S/C22H27N3O2/c1-15(2)23-22(27)18-9-6-12-20-17(18)10-7-13-25(20)14-21(26)24-19-11-5-4-8-16(19)3/h4-6,8-9,11-12,15H,7,10,13-14H2,1-3H3,(H,23,27)(H,24,26). The molecule has 0 unspecified atom stereocenters. The number of nitrogens with zero attached hydrogens (tertiary/aromatic N) is 1. The first kappa shape index (κ1) is 19.0. The monoisotopic (exact) mass is 365 g/mol. The van der Waals surface area contributed by atoms with Crippen LogP contribution >= 0.6 is 0 Å². The summed E-state index contributed by atoms with van der Waals surface area (Å²) in [5, 5.41) is 5.96. The quantitative estimate of drug-likeness (QED) is 0.852. The second-order valence-electron chi connectivity index (χ2n) is 7.32. The summed E-state index contributed by atoms with van der Waals surface area (Å²) in [6.45, 7) is 6.97. The Morgan fingerprint density at radius 1 is 1.11 bits per heavy atom. The van der Waals surface area contributed by atoms with Gasteiger partial charge >= 0.3 is 0 Å². The fourth-order valence-electron chi connectivity index (χ4n) is 3.49. The highest BCUT2D eigenvalue weighted by molar-refractivity contribution is 5.98. The molecule has 2 N–H and O–H groups in total. The molecule has 0 fully saturated rings. The first-order valence-corrected chi connectivity index (χ1v) is 9.49. The summed E-state index contributed by atoms with van der Waals surface area (Å²) in [6, 6.07) is 13.6. The van der Waals surface area contributed by atoms with Crippen LogP contribution in [0.15, 0.2) is 42.5 Å². The van der Waals surface area contributed by atoms with Crippen molar-refractivity contribution in [3.8, 4) is 0 Å². The number of benzene rings is 2. The Kier molecular flexibility index (Phi) is 5.79. The highest BCUT2D eigenvalue weighted by Gasteiger charge is 2.24. The minimum Gasteiger partial charge on any atom is -0.362 e. The van der Waals surface area contributed by atoms with E-state index < -0.39 is 0 Å². The van der Waals surface area contributed by atoms with Gasteiger partial charge < -0.3 is 15.5 Å². The van der Waals surface area contributed by atoms with E-state index >= 15 is 0 Å². The Morgan fingerprint density at radius 2 is 1.89 bits per heavy atom. The molecule has 2 aromatic rings. The molecule has 0 aromatic heterocycles. The molecule has 1 aliphatic rings. The summed E-state index contributed by atoms with van der Waals surface area (Å²) < 4.78 is 0. The van der Waals surface area contributed by atoms with E-state index in [0.717, 1.165) is 41.9 Å². The number of carbonyl (C=O) groups is 2. The predicted octanol–water partition coefficient (Wildman–Crippen LogP) is 3.52. The van der Waals surface area contributed by atoms with Crippen LogP contribution in [0.2, 0.25) is 0 Å². The predicted molar refractivity (Wildman–Crippen MR) is 109 cm³/mol. The van der Waals surface area contributed by atoms with Gasteiger partial charge in [0.1, 0.15) is 0 Å². The molecule has 0 saturated heterocycles. The molecule has 0 atom stereocenters. The van der Waals surface area contributed by atoms with Gasteiger partial charge in [0.05, 0.1) is 6.54 Å². The van der Waals surface area contributed by atoms with Gasteiger partial charge in [-0.05, 0) is 62.9 Å². The van der Waals surface area contributed by atoms with Gasteiger partial charge in [-0.3, -0.25) is 9.59 Å². The zero-order chi connectivity index (χ0) is 19.4. The molecule has 1 heterocycles. The molecule has 0 aliphatic carbocycles. The number of anilines is 2. The van der Waals surface area contributed by atoms with Crippen LogP contribution in [-0.2, 0) is 11.2 Å². The molecule has 1 aliphatic heterocycles. The maximum Gasteiger partial charge on any atom is 0.251 e. The van der Waals surface area contributed by atoms with Crippen LogP contribution in [0.3, 0.4) is 0 Å².